The number of aliphatic hydroxyl groups is 1. The van der Waals surface area contributed by atoms with Gasteiger partial charge in [0.1, 0.15) is 11.6 Å². The van der Waals surface area contributed by atoms with Crippen molar-refractivity contribution in [2.75, 3.05) is 0 Å². The summed E-state index contributed by atoms with van der Waals surface area (Å²) in [5.41, 5.74) is 1.03. The fourth-order valence-electron chi connectivity index (χ4n) is 2.82. The highest BCUT2D eigenvalue weighted by molar-refractivity contribution is 5.94. The van der Waals surface area contributed by atoms with Crippen molar-refractivity contribution in [3.63, 3.8) is 0 Å². The van der Waals surface area contributed by atoms with Crippen molar-refractivity contribution >= 4 is 5.91 Å². The number of benzene rings is 2. The zero-order chi connectivity index (χ0) is 13.3. The maximum Gasteiger partial charge on any atom is 0.237 e. The van der Waals surface area contributed by atoms with Crippen LogP contribution in [0.4, 0.5) is 0 Å². The van der Waals surface area contributed by atoms with Crippen molar-refractivity contribution in [2.24, 2.45) is 0 Å². The second-order valence-corrected chi connectivity index (χ2v) is 4.83. The van der Waals surface area contributed by atoms with E-state index in [1.54, 1.807) is 0 Å². The molecule has 19 heavy (non-hydrogen) atoms. The van der Waals surface area contributed by atoms with Gasteiger partial charge in [0.2, 0.25) is 5.91 Å². The Balaban J connectivity index is 2.20. The standard InChI is InChI=1S/C16H15NO2/c18-14-11-16(15(19)17-14,12-7-3-1-4-8-12)13-9-5-2-6-10-13/h1-10,14,18H,11H2,(H,17,19). The lowest BCUT2D eigenvalue weighted by atomic mass is 9.73. The van der Waals surface area contributed by atoms with Gasteiger partial charge in [-0.2, -0.15) is 0 Å². The molecule has 96 valence electrons. The molecule has 0 saturated carbocycles. The van der Waals surface area contributed by atoms with E-state index < -0.39 is 11.6 Å². The monoisotopic (exact) mass is 253 g/mol. The molecule has 1 fully saturated rings. The van der Waals surface area contributed by atoms with E-state index in [-0.39, 0.29) is 5.91 Å². The minimum absolute atomic E-state index is 0.141. The Labute approximate surface area is 111 Å². The van der Waals surface area contributed by atoms with Crippen LogP contribution in [0.2, 0.25) is 0 Å². The number of carbonyl (C=O) groups excluding carboxylic acids is 1. The SMILES string of the molecule is O=C1NC(O)CC1(c1ccccc1)c1ccccc1. The molecule has 0 aromatic heterocycles. The van der Waals surface area contributed by atoms with Gasteiger partial charge in [0.05, 0.1) is 0 Å². The molecule has 0 spiro atoms. The van der Waals surface area contributed by atoms with Gasteiger partial charge in [-0.15, -0.1) is 0 Å². The summed E-state index contributed by atoms with van der Waals surface area (Å²) in [6.07, 6.45) is -0.437. The average molecular weight is 253 g/mol. The summed E-state index contributed by atoms with van der Waals surface area (Å²) in [4.78, 5) is 12.4. The van der Waals surface area contributed by atoms with E-state index in [1.165, 1.54) is 0 Å². The van der Waals surface area contributed by atoms with Gasteiger partial charge in [0.25, 0.3) is 0 Å². The minimum atomic E-state index is -0.798. The Morgan fingerprint density at radius 1 is 0.947 bits per heavy atom. The highest BCUT2D eigenvalue weighted by atomic mass is 16.3. The van der Waals surface area contributed by atoms with Crippen molar-refractivity contribution < 1.29 is 9.90 Å². The van der Waals surface area contributed by atoms with Gasteiger partial charge < -0.3 is 10.4 Å². The predicted molar refractivity (Wildman–Crippen MR) is 72.4 cm³/mol. The highest BCUT2D eigenvalue weighted by Crippen LogP contribution is 2.40. The van der Waals surface area contributed by atoms with Crippen molar-refractivity contribution in [3.05, 3.63) is 71.8 Å². The quantitative estimate of drug-likeness (QED) is 0.857. The van der Waals surface area contributed by atoms with Crippen LogP contribution in [0, 0.1) is 0 Å². The summed E-state index contributed by atoms with van der Waals surface area (Å²) < 4.78 is 0. The minimum Gasteiger partial charge on any atom is -0.374 e. The molecule has 3 rings (SSSR count). The van der Waals surface area contributed by atoms with Gasteiger partial charge in [0.15, 0.2) is 0 Å². The Morgan fingerprint density at radius 2 is 1.42 bits per heavy atom. The summed E-state index contributed by atoms with van der Waals surface area (Å²) >= 11 is 0. The van der Waals surface area contributed by atoms with Crippen molar-refractivity contribution in [1.29, 1.82) is 0 Å². The molecule has 2 aromatic carbocycles. The van der Waals surface area contributed by atoms with Gasteiger partial charge in [0, 0.05) is 6.42 Å². The van der Waals surface area contributed by atoms with Gasteiger partial charge >= 0.3 is 0 Å². The van der Waals surface area contributed by atoms with Crippen LogP contribution in [0.3, 0.4) is 0 Å². The first-order valence-electron chi connectivity index (χ1n) is 6.33. The van der Waals surface area contributed by atoms with Crippen molar-refractivity contribution in [2.45, 2.75) is 18.1 Å². The van der Waals surface area contributed by atoms with E-state index in [0.717, 1.165) is 11.1 Å². The Hall–Kier alpha value is -2.13. The van der Waals surface area contributed by atoms with Crippen LogP contribution < -0.4 is 5.32 Å². The Kier molecular flexibility index (Phi) is 2.84. The first-order chi connectivity index (χ1) is 9.23. The Bertz CT molecular complexity index is 541. The molecule has 1 heterocycles. The fraction of sp³-hybridized carbons (Fsp3) is 0.188. The molecule has 0 bridgehead atoms. The molecule has 1 amide bonds. The number of nitrogens with one attached hydrogen (secondary N) is 1. The van der Waals surface area contributed by atoms with E-state index in [1.807, 2.05) is 60.7 Å². The molecule has 1 atom stereocenters. The molecule has 1 aliphatic heterocycles. The highest BCUT2D eigenvalue weighted by Gasteiger charge is 2.48. The molecule has 1 unspecified atom stereocenters. The normalized spacial score (nSPS) is 21.1. The third-order valence-electron chi connectivity index (χ3n) is 3.72. The number of carbonyl (C=O) groups is 1. The zero-order valence-corrected chi connectivity index (χ0v) is 10.4. The van der Waals surface area contributed by atoms with Crippen LogP contribution >= 0.6 is 0 Å². The summed E-state index contributed by atoms with van der Waals surface area (Å²) in [7, 11) is 0. The average Bonchev–Trinajstić information content (AvgIpc) is 2.76. The lowest BCUT2D eigenvalue weighted by Gasteiger charge is -2.27. The van der Waals surface area contributed by atoms with E-state index in [9.17, 15) is 9.90 Å². The molecule has 2 N–H and O–H groups in total. The fourth-order valence-corrected chi connectivity index (χ4v) is 2.82. The smallest absolute Gasteiger partial charge is 0.237 e. The van der Waals surface area contributed by atoms with E-state index >= 15 is 0 Å². The van der Waals surface area contributed by atoms with Crippen LogP contribution in [-0.2, 0) is 10.2 Å². The molecule has 0 aliphatic carbocycles. The molecule has 3 heteroatoms. The number of hydrogen-bond acceptors (Lipinski definition) is 2. The molecule has 3 nitrogen and oxygen atoms in total. The number of rotatable bonds is 2. The van der Waals surface area contributed by atoms with Crippen molar-refractivity contribution in [1.82, 2.24) is 5.32 Å². The topological polar surface area (TPSA) is 49.3 Å². The second kappa shape index (κ2) is 4.52. The van der Waals surface area contributed by atoms with Crippen LogP contribution in [0.15, 0.2) is 60.7 Å². The number of aliphatic hydroxyl groups excluding tert-OH is 1. The molecule has 2 aromatic rings. The van der Waals surface area contributed by atoms with Crippen LogP contribution in [0.1, 0.15) is 17.5 Å². The number of hydrogen-bond donors (Lipinski definition) is 2. The first kappa shape index (κ1) is 11.9. The third-order valence-corrected chi connectivity index (χ3v) is 3.72. The maximum absolute atomic E-state index is 12.4. The van der Waals surface area contributed by atoms with Crippen LogP contribution in [0.5, 0.6) is 0 Å². The molecule has 1 saturated heterocycles. The van der Waals surface area contributed by atoms with E-state index in [2.05, 4.69) is 5.32 Å². The van der Waals surface area contributed by atoms with Gasteiger partial charge in [-0.25, -0.2) is 0 Å². The predicted octanol–water partition coefficient (Wildman–Crippen LogP) is 1.81. The molecular weight excluding hydrogens is 238 g/mol. The molecule has 1 aliphatic rings. The summed E-state index contributed by atoms with van der Waals surface area (Å²) in [6.45, 7) is 0. The van der Waals surface area contributed by atoms with Gasteiger partial charge in [-0.3, -0.25) is 4.79 Å². The van der Waals surface area contributed by atoms with Crippen molar-refractivity contribution in [3.8, 4) is 0 Å². The number of amides is 1. The lowest BCUT2D eigenvalue weighted by Crippen LogP contribution is -2.36. The molecular formula is C16H15NO2. The largest absolute Gasteiger partial charge is 0.374 e. The summed E-state index contributed by atoms with van der Waals surface area (Å²) in [6, 6.07) is 19.2. The van der Waals surface area contributed by atoms with Crippen LogP contribution in [0.25, 0.3) is 0 Å². The second-order valence-electron chi connectivity index (χ2n) is 4.83. The Morgan fingerprint density at radius 3 is 1.79 bits per heavy atom. The zero-order valence-electron chi connectivity index (χ0n) is 10.4. The summed E-state index contributed by atoms with van der Waals surface area (Å²) in [5, 5.41) is 12.4. The van der Waals surface area contributed by atoms with Gasteiger partial charge in [-0.1, -0.05) is 60.7 Å². The van der Waals surface area contributed by atoms with Gasteiger partial charge in [-0.05, 0) is 11.1 Å². The van der Waals surface area contributed by atoms with E-state index in [0.29, 0.717) is 6.42 Å². The molecule has 0 radical (unpaired) electrons. The summed E-state index contributed by atoms with van der Waals surface area (Å²) in [5.74, 6) is -0.141. The first-order valence-corrected chi connectivity index (χ1v) is 6.33. The van der Waals surface area contributed by atoms with Crippen LogP contribution in [-0.4, -0.2) is 17.2 Å². The maximum atomic E-state index is 12.4. The lowest BCUT2D eigenvalue weighted by molar-refractivity contribution is -0.123. The third kappa shape index (κ3) is 1.83. The van der Waals surface area contributed by atoms with E-state index in [4.69, 9.17) is 0 Å².